The van der Waals surface area contributed by atoms with Crippen molar-refractivity contribution in [1.29, 1.82) is 0 Å². The smallest absolute Gasteiger partial charge is 0.251 e. The zero-order valence-corrected chi connectivity index (χ0v) is 13.5. The first kappa shape index (κ1) is 17.4. The molecule has 1 aromatic heterocycles. The zero-order chi connectivity index (χ0) is 15.7. The number of hydrogen-bond acceptors (Lipinski definition) is 4. The number of nitrogens with zero attached hydrogens (tertiary/aromatic N) is 1. The van der Waals surface area contributed by atoms with Gasteiger partial charge in [-0.1, -0.05) is 20.8 Å². The summed E-state index contributed by atoms with van der Waals surface area (Å²) in [5.74, 6) is 1.20. The van der Waals surface area contributed by atoms with Crippen molar-refractivity contribution in [2.24, 2.45) is 5.92 Å². The lowest BCUT2D eigenvalue weighted by molar-refractivity contribution is 0.0925. The number of aryl methyl sites for hydroxylation is 1. The molecule has 1 aromatic rings. The van der Waals surface area contributed by atoms with Crippen molar-refractivity contribution in [2.75, 3.05) is 32.1 Å². The lowest BCUT2D eigenvalue weighted by Gasteiger charge is -2.09. The lowest BCUT2D eigenvalue weighted by atomic mass is 10.2. The van der Waals surface area contributed by atoms with Gasteiger partial charge in [-0.2, -0.15) is 0 Å². The summed E-state index contributed by atoms with van der Waals surface area (Å²) >= 11 is 0. The summed E-state index contributed by atoms with van der Waals surface area (Å²) in [5.41, 5.74) is 1.56. The number of carbonyl (C=O) groups excluding carboxylic acids is 1. The van der Waals surface area contributed by atoms with Crippen LogP contribution in [0.1, 0.15) is 43.2 Å². The second kappa shape index (κ2) is 9.34. The van der Waals surface area contributed by atoms with E-state index in [0.29, 0.717) is 24.6 Å². The molecule has 0 aliphatic heterocycles. The second-order valence-electron chi connectivity index (χ2n) is 5.41. The first-order chi connectivity index (χ1) is 10.1. The quantitative estimate of drug-likeness (QED) is 0.687. The maximum Gasteiger partial charge on any atom is 0.251 e. The number of rotatable bonds is 9. The SMILES string of the molecule is CCc1cc(C(=O)NCCCOCC(C)C)cc(NC)n1. The second-order valence-corrected chi connectivity index (χ2v) is 5.41. The number of anilines is 1. The lowest BCUT2D eigenvalue weighted by Crippen LogP contribution is -2.25. The topological polar surface area (TPSA) is 63.2 Å². The highest BCUT2D eigenvalue weighted by Crippen LogP contribution is 2.10. The first-order valence-electron chi connectivity index (χ1n) is 7.61. The van der Waals surface area contributed by atoms with Crippen LogP contribution in [0.3, 0.4) is 0 Å². The molecule has 1 heterocycles. The molecule has 0 bridgehead atoms. The van der Waals surface area contributed by atoms with Gasteiger partial charge in [0.1, 0.15) is 5.82 Å². The van der Waals surface area contributed by atoms with Crippen LogP contribution in [0.4, 0.5) is 5.82 Å². The molecule has 0 unspecified atom stereocenters. The third kappa shape index (κ3) is 6.58. The predicted octanol–water partition coefficient (Wildman–Crippen LogP) is 2.48. The van der Waals surface area contributed by atoms with Crippen LogP contribution in [0.25, 0.3) is 0 Å². The minimum atomic E-state index is -0.0625. The molecule has 21 heavy (non-hydrogen) atoms. The molecule has 0 atom stereocenters. The van der Waals surface area contributed by atoms with Crippen LogP contribution in [0.15, 0.2) is 12.1 Å². The monoisotopic (exact) mass is 293 g/mol. The molecule has 0 aliphatic rings. The van der Waals surface area contributed by atoms with Crippen LogP contribution in [0.2, 0.25) is 0 Å². The molecule has 118 valence electrons. The Balaban J connectivity index is 2.41. The highest BCUT2D eigenvalue weighted by Gasteiger charge is 2.08. The van der Waals surface area contributed by atoms with Crippen LogP contribution >= 0.6 is 0 Å². The van der Waals surface area contributed by atoms with E-state index in [4.69, 9.17) is 4.74 Å². The maximum absolute atomic E-state index is 12.1. The van der Waals surface area contributed by atoms with Crippen molar-refractivity contribution < 1.29 is 9.53 Å². The number of hydrogen-bond donors (Lipinski definition) is 2. The minimum absolute atomic E-state index is 0.0625. The van der Waals surface area contributed by atoms with Crippen LogP contribution in [0, 0.1) is 5.92 Å². The van der Waals surface area contributed by atoms with Gasteiger partial charge in [0.05, 0.1) is 0 Å². The molecule has 0 aliphatic carbocycles. The number of carbonyl (C=O) groups is 1. The minimum Gasteiger partial charge on any atom is -0.381 e. The molecule has 2 N–H and O–H groups in total. The Hall–Kier alpha value is -1.62. The van der Waals surface area contributed by atoms with E-state index in [-0.39, 0.29) is 5.91 Å². The molecule has 0 saturated heterocycles. The van der Waals surface area contributed by atoms with Gasteiger partial charge in [0.15, 0.2) is 0 Å². The molecular formula is C16H27N3O2. The maximum atomic E-state index is 12.1. The van der Waals surface area contributed by atoms with Crippen LogP contribution < -0.4 is 10.6 Å². The van der Waals surface area contributed by atoms with Crippen LogP contribution in [-0.4, -0.2) is 37.7 Å². The number of ether oxygens (including phenoxy) is 1. The third-order valence-electron chi connectivity index (χ3n) is 2.96. The van der Waals surface area contributed by atoms with Gasteiger partial charge >= 0.3 is 0 Å². The fraction of sp³-hybridized carbons (Fsp3) is 0.625. The molecule has 5 nitrogen and oxygen atoms in total. The van der Waals surface area contributed by atoms with Gasteiger partial charge in [0.2, 0.25) is 0 Å². The fourth-order valence-electron chi connectivity index (χ4n) is 1.83. The Bertz CT molecular complexity index is 425. The molecule has 0 fully saturated rings. The molecule has 0 radical (unpaired) electrons. The van der Waals surface area contributed by atoms with Gasteiger partial charge in [-0.05, 0) is 30.9 Å². The van der Waals surface area contributed by atoms with Crippen molar-refractivity contribution in [1.82, 2.24) is 10.3 Å². The molecule has 1 rings (SSSR count). The van der Waals surface area contributed by atoms with Crippen molar-refractivity contribution in [3.63, 3.8) is 0 Å². The van der Waals surface area contributed by atoms with Crippen LogP contribution in [0.5, 0.6) is 0 Å². The summed E-state index contributed by atoms with van der Waals surface area (Å²) < 4.78 is 5.48. The van der Waals surface area contributed by atoms with Gasteiger partial charge in [-0.15, -0.1) is 0 Å². The summed E-state index contributed by atoms with van der Waals surface area (Å²) in [6.07, 6.45) is 1.63. The molecular weight excluding hydrogens is 266 g/mol. The molecule has 0 spiro atoms. The average molecular weight is 293 g/mol. The van der Waals surface area contributed by atoms with E-state index in [1.807, 2.05) is 13.0 Å². The Morgan fingerprint density at radius 2 is 2.14 bits per heavy atom. The van der Waals surface area contributed by atoms with Gasteiger partial charge in [-0.25, -0.2) is 4.98 Å². The predicted molar refractivity (Wildman–Crippen MR) is 85.8 cm³/mol. The molecule has 5 heteroatoms. The highest BCUT2D eigenvalue weighted by molar-refractivity contribution is 5.94. The average Bonchev–Trinajstić information content (AvgIpc) is 2.49. The Labute approximate surface area is 127 Å². The Morgan fingerprint density at radius 1 is 1.38 bits per heavy atom. The Morgan fingerprint density at radius 3 is 2.76 bits per heavy atom. The van der Waals surface area contributed by atoms with E-state index in [9.17, 15) is 4.79 Å². The van der Waals surface area contributed by atoms with E-state index in [2.05, 4.69) is 29.5 Å². The number of amides is 1. The van der Waals surface area contributed by atoms with E-state index in [0.717, 1.165) is 31.0 Å². The van der Waals surface area contributed by atoms with Crippen LogP contribution in [-0.2, 0) is 11.2 Å². The van der Waals surface area contributed by atoms with E-state index < -0.39 is 0 Å². The molecule has 1 amide bonds. The normalized spacial score (nSPS) is 10.7. The van der Waals surface area contributed by atoms with E-state index >= 15 is 0 Å². The van der Waals surface area contributed by atoms with Crippen molar-refractivity contribution in [2.45, 2.75) is 33.6 Å². The first-order valence-corrected chi connectivity index (χ1v) is 7.61. The van der Waals surface area contributed by atoms with Gasteiger partial charge in [0, 0.05) is 38.1 Å². The molecule has 0 saturated carbocycles. The standard InChI is InChI=1S/C16H27N3O2/c1-5-14-9-13(10-15(17-4)19-14)16(20)18-7-6-8-21-11-12(2)3/h9-10,12H,5-8,11H2,1-4H3,(H,17,19)(H,18,20). The van der Waals surface area contributed by atoms with E-state index in [1.54, 1.807) is 13.1 Å². The summed E-state index contributed by atoms with van der Waals surface area (Å²) in [4.78, 5) is 16.5. The largest absolute Gasteiger partial charge is 0.381 e. The van der Waals surface area contributed by atoms with Gasteiger partial charge < -0.3 is 15.4 Å². The van der Waals surface area contributed by atoms with E-state index in [1.165, 1.54) is 0 Å². The number of aromatic nitrogens is 1. The van der Waals surface area contributed by atoms with Gasteiger partial charge in [-0.3, -0.25) is 4.79 Å². The summed E-state index contributed by atoms with van der Waals surface area (Å²) in [7, 11) is 1.80. The third-order valence-corrected chi connectivity index (χ3v) is 2.96. The van der Waals surface area contributed by atoms with Gasteiger partial charge in [0.25, 0.3) is 5.91 Å². The molecule has 0 aromatic carbocycles. The highest BCUT2D eigenvalue weighted by atomic mass is 16.5. The van der Waals surface area contributed by atoms with Crippen molar-refractivity contribution in [3.05, 3.63) is 23.4 Å². The van der Waals surface area contributed by atoms with Crippen molar-refractivity contribution >= 4 is 11.7 Å². The zero-order valence-electron chi connectivity index (χ0n) is 13.5. The summed E-state index contributed by atoms with van der Waals surface area (Å²) in [6.45, 7) is 8.33. The van der Waals surface area contributed by atoms with Crippen molar-refractivity contribution in [3.8, 4) is 0 Å². The summed E-state index contributed by atoms with van der Waals surface area (Å²) in [5, 5.41) is 5.90. The summed E-state index contributed by atoms with van der Waals surface area (Å²) in [6, 6.07) is 3.61. The number of nitrogens with one attached hydrogen (secondary N) is 2. The number of pyridine rings is 1. The Kier molecular flexibility index (Phi) is 7.75. The fourth-order valence-corrected chi connectivity index (χ4v) is 1.83.